The largest absolute Gasteiger partial charge is 0.497 e. The van der Waals surface area contributed by atoms with Gasteiger partial charge in [-0.1, -0.05) is 18.2 Å². The molecular weight excluding hydrogens is 358 g/mol. The summed E-state index contributed by atoms with van der Waals surface area (Å²) < 4.78 is 5.09. The number of nitrogens with zero attached hydrogens (tertiary/aromatic N) is 2. The van der Waals surface area contributed by atoms with Crippen molar-refractivity contribution in [2.24, 2.45) is 0 Å². The van der Waals surface area contributed by atoms with Crippen LogP contribution in [-0.2, 0) is 9.59 Å². The second-order valence-corrected chi connectivity index (χ2v) is 6.79. The molecule has 7 nitrogen and oxygen atoms in total. The van der Waals surface area contributed by atoms with Crippen molar-refractivity contribution in [1.82, 2.24) is 4.90 Å². The standard InChI is InChI=1S/C21H23N3O4/c1-14(2)23-18(13-19(25)22-15-9-11-17(28-3)12-10-15)20(26)24(21(23)27)16-7-5-4-6-8-16/h4-12,14,18H,13H2,1-3H3,(H,22,25). The summed E-state index contributed by atoms with van der Waals surface area (Å²) in [5, 5.41) is 2.77. The van der Waals surface area contributed by atoms with Crippen molar-refractivity contribution in [1.29, 1.82) is 0 Å². The van der Waals surface area contributed by atoms with Gasteiger partial charge in [0.15, 0.2) is 0 Å². The number of hydrogen-bond donors (Lipinski definition) is 1. The third kappa shape index (κ3) is 3.83. The smallest absolute Gasteiger partial charge is 0.332 e. The van der Waals surface area contributed by atoms with Crippen molar-refractivity contribution < 1.29 is 19.1 Å². The third-order valence-corrected chi connectivity index (χ3v) is 4.58. The molecule has 0 aromatic heterocycles. The van der Waals surface area contributed by atoms with Crippen molar-refractivity contribution in [2.45, 2.75) is 32.4 Å². The topological polar surface area (TPSA) is 79.0 Å². The van der Waals surface area contributed by atoms with Gasteiger partial charge in [-0.25, -0.2) is 9.69 Å². The lowest BCUT2D eigenvalue weighted by molar-refractivity contribution is -0.124. The molecule has 1 saturated heterocycles. The number of benzene rings is 2. The summed E-state index contributed by atoms with van der Waals surface area (Å²) in [5.74, 6) is -0.0503. The molecule has 2 aromatic carbocycles. The van der Waals surface area contributed by atoms with Gasteiger partial charge in [0.05, 0.1) is 19.2 Å². The van der Waals surface area contributed by atoms with Crippen LogP contribution in [0.15, 0.2) is 54.6 Å². The van der Waals surface area contributed by atoms with Gasteiger partial charge in [0.1, 0.15) is 11.8 Å². The maximum Gasteiger partial charge on any atom is 0.332 e. The molecule has 1 aliphatic rings. The van der Waals surface area contributed by atoms with Gasteiger partial charge in [-0.15, -0.1) is 0 Å². The molecule has 0 radical (unpaired) electrons. The maximum atomic E-state index is 13.0. The van der Waals surface area contributed by atoms with E-state index < -0.39 is 18.0 Å². The molecule has 2 aromatic rings. The lowest BCUT2D eigenvalue weighted by Crippen LogP contribution is -2.42. The minimum absolute atomic E-state index is 0.113. The predicted molar refractivity (Wildman–Crippen MR) is 106 cm³/mol. The van der Waals surface area contributed by atoms with Crippen molar-refractivity contribution in [3.05, 3.63) is 54.6 Å². The normalized spacial score (nSPS) is 16.6. The van der Waals surface area contributed by atoms with Gasteiger partial charge in [0.25, 0.3) is 5.91 Å². The summed E-state index contributed by atoms with van der Waals surface area (Å²) in [4.78, 5) is 41.0. The molecule has 1 heterocycles. The van der Waals surface area contributed by atoms with Crippen LogP contribution in [-0.4, -0.2) is 41.9 Å². The fourth-order valence-electron chi connectivity index (χ4n) is 3.25. The zero-order chi connectivity index (χ0) is 20.3. The third-order valence-electron chi connectivity index (χ3n) is 4.58. The number of ether oxygens (including phenoxy) is 1. The molecule has 0 saturated carbocycles. The van der Waals surface area contributed by atoms with E-state index >= 15 is 0 Å². The van der Waals surface area contributed by atoms with Gasteiger partial charge in [0.2, 0.25) is 5.91 Å². The zero-order valence-electron chi connectivity index (χ0n) is 16.1. The van der Waals surface area contributed by atoms with E-state index in [1.54, 1.807) is 55.6 Å². The second kappa shape index (κ2) is 8.12. The highest BCUT2D eigenvalue weighted by molar-refractivity contribution is 6.22. The highest BCUT2D eigenvalue weighted by Gasteiger charge is 2.47. The van der Waals surface area contributed by atoms with Crippen LogP contribution in [0, 0.1) is 0 Å². The van der Waals surface area contributed by atoms with E-state index in [0.717, 1.165) is 4.90 Å². The minimum Gasteiger partial charge on any atom is -0.497 e. The van der Waals surface area contributed by atoms with E-state index in [2.05, 4.69) is 5.32 Å². The molecule has 3 rings (SSSR count). The average Bonchev–Trinajstić information content (AvgIpc) is 2.93. The van der Waals surface area contributed by atoms with Crippen molar-refractivity contribution >= 4 is 29.2 Å². The number of para-hydroxylation sites is 1. The first-order valence-electron chi connectivity index (χ1n) is 9.07. The van der Waals surface area contributed by atoms with E-state index in [1.165, 1.54) is 4.90 Å². The molecule has 28 heavy (non-hydrogen) atoms. The fraction of sp³-hybridized carbons (Fsp3) is 0.286. The van der Waals surface area contributed by atoms with Gasteiger partial charge in [-0.2, -0.15) is 0 Å². The number of amides is 4. The van der Waals surface area contributed by atoms with Crippen molar-refractivity contribution in [3.63, 3.8) is 0 Å². The first-order valence-corrected chi connectivity index (χ1v) is 9.07. The lowest BCUT2D eigenvalue weighted by atomic mass is 10.1. The van der Waals surface area contributed by atoms with Crippen LogP contribution in [0.1, 0.15) is 20.3 Å². The number of carbonyl (C=O) groups is 3. The Bertz CT molecular complexity index is 865. The van der Waals surface area contributed by atoms with E-state index in [9.17, 15) is 14.4 Å². The Kier molecular flexibility index (Phi) is 5.63. The molecule has 1 unspecified atom stereocenters. The minimum atomic E-state index is -0.842. The molecule has 1 fully saturated rings. The fourth-order valence-corrected chi connectivity index (χ4v) is 3.25. The Balaban J connectivity index is 1.77. The number of nitrogens with one attached hydrogen (secondary N) is 1. The SMILES string of the molecule is COc1ccc(NC(=O)CC2C(=O)N(c3ccccc3)C(=O)N2C(C)C)cc1. The Morgan fingerprint density at radius 1 is 1.07 bits per heavy atom. The number of methoxy groups -OCH3 is 1. The maximum absolute atomic E-state index is 13.0. The highest BCUT2D eigenvalue weighted by atomic mass is 16.5. The van der Waals surface area contributed by atoms with E-state index in [0.29, 0.717) is 17.1 Å². The Morgan fingerprint density at radius 2 is 1.71 bits per heavy atom. The molecule has 1 N–H and O–H groups in total. The molecule has 1 atom stereocenters. The molecule has 146 valence electrons. The van der Waals surface area contributed by atoms with Gasteiger partial charge in [-0.3, -0.25) is 9.59 Å². The average molecular weight is 381 g/mol. The van der Waals surface area contributed by atoms with Crippen LogP contribution in [0.2, 0.25) is 0 Å². The first-order chi connectivity index (χ1) is 13.4. The second-order valence-electron chi connectivity index (χ2n) is 6.79. The molecule has 0 aliphatic carbocycles. The van der Waals surface area contributed by atoms with Crippen LogP contribution >= 0.6 is 0 Å². The number of anilines is 2. The van der Waals surface area contributed by atoms with Crippen LogP contribution in [0.25, 0.3) is 0 Å². The van der Waals surface area contributed by atoms with E-state index in [-0.39, 0.29) is 18.4 Å². The van der Waals surface area contributed by atoms with Crippen molar-refractivity contribution in [2.75, 3.05) is 17.3 Å². The lowest BCUT2D eigenvalue weighted by Gasteiger charge is -2.25. The molecule has 4 amide bonds. The van der Waals surface area contributed by atoms with Gasteiger partial charge < -0.3 is 15.0 Å². The van der Waals surface area contributed by atoms with Gasteiger partial charge in [0, 0.05) is 11.7 Å². The molecule has 0 spiro atoms. The quantitative estimate of drug-likeness (QED) is 0.779. The predicted octanol–water partition coefficient (Wildman–Crippen LogP) is 3.27. The summed E-state index contributed by atoms with van der Waals surface area (Å²) in [6.07, 6.45) is -0.113. The monoisotopic (exact) mass is 381 g/mol. The van der Waals surface area contributed by atoms with Crippen LogP contribution in [0.5, 0.6) is 5.75 Å². The van der Waals surface area contributed by atoms with Crippen LogP contribution in [0.3, 0.4) is 0 Å². The number of rotatable bonds is 6. The summed E-state index contributed by atoms with van der Waals surface area (Å²) >= 11 is 0. The van der Waals surface area contributed by atoms with Crippen molar-refractivity contribution in [3.8, 4) is 5.75 Å². The Morgan fingerprint density at radius 3 is 2.29 bits per heavy atom. The summed E-state index contributed by atoms with van der Waals surface area (Å²) in [6.45, 7) is 3.65. The van der Waals surface area contributed by atoms with Crippen LogP contribution in [0.4, 0.5) is 16.2 Å². The molecule has 1 aliphatic heterocycles. The summed E-state index contributed by atoms with van der Waals surface area (Å²) in [7, 11) is 1.56. The van der Waals surface area contributed by atoms with E-state index in [1.807, 2.05) is 19.9 Å². The summed E-state index contributed by atoms with van der Waals surface area (Å²) in [5.41, 5.74) is 1.10. The number of imide groups is 1. The number of carbonyl (C=O) groups excluding carboxylic acids is 3. The van der Waals surface area contributed by atoms with Crippen LogP contribution < -0.4 is 15.0 Å². The van der Waals surface area contributed by atoms with E-state index in [4.69, 9.17) is 4.74 Å². The first kappa shape index (κ1) is 19.4. The highest BCUT2D eigenvalue weighted by Crippen LogP contribution is 2.28. The molecule has 7 heteroatoms. The molecule has 0 bridgehead atoms. The van der Waals surface area contributed by atoms with Gasteiger partial charge in [-0.05, 0) is 50.2 Å². The Hall–Kier alpha value is -3.35. The zero-order valence-corrected chi connectivity index (χ0v) is 16.1. The molecular formula is C21H23N3O4. The van der Waals surface area contributed by atoms with Gasteiger partial charge >= 0.3 is 6.03 Å². The number of urea groups is 1. The Labute approximate surface area is 163 Å². The number of hydrogen-bond acceptors (Lipinski definition) is 4. The summed E-state index contributed by atoms with van der Waals surface area (Å²) in [6, 6.07) is 14.2.